The Balaban J connectivity index is 1.32. The second kappa shape index (κ2) is 11.8. The maximum Gasteiger partial charge on any atom is 0.274 e. The summed E-state index contributed by atoms with van der Waals surface area (Å²) in [5.74, 6) is -2.78. The van der Waals surface area contributed by atoms with E-state index in [0.717, 1.165) is 17.7 Å². The molecule has 11 heteroatoms. The zero-order valence-corrected chi connectivity index (χ0v) is 22.2. The lowest BCUT2D eigenvalue weighted by Crippen LogP contribution is -2.39. The van der Waals surface area contributed by atoms with Gasteiger partial charge in [-0.2, -0.15) is 0 Å². The third kappa shape index (κ3) is 6.13. The van der Waals surface area contributed by atoms with Gasteiger partial charge in [-0.15, -0.1) is 0 Å². The van der Waals surface area contributed by atoms with Crippen LogP contribution in [-0.2, 0) is 23.1 Å². The Morgan fingerprint density at radius 3 is 2.65 bits per heavy atom. The van der Waals surface area contributed by atoms with Crippen molar-refractivity contribution in [2.45, 2.75) is 18.8 Å². The predicted octanol–water partition coefficient (Wildman–Crippen LogP) is 2.52. The Labute approximate surface area is 230 Å². The summed E-state index contributed by atoms with van der Waals surface area (Å²) in [6.07, 6.45) is 3.68. The van der Waals surface area contributed by atoms with Crippen LogP contribution in [0.5, 0.6) is 5.75 Å². The van der Waals surface area contributed by atoms with E-state index in [-0.39, 0.29) is 43.2 Å². The van der Waals surface area contributed by atoms with E-state index in [4.69, 9.17) is 4.74 Å². The molecule has 1 saturated heterocycles. The maximum atomic E-state index is 13.7. The summed E-state index contributed by atoms with van der Waals surface area (Å²) in [5.41, 5.74) is 1.57. The molecular weight excluding hydrogens is 520 g/mol. The van der Waals surface area contributed by atoms with Crippen molar-refractivity contribution in [1.82, 2.24) is 24.7 Å². The Morgan fingerprint density at radius 2 is 1.88 bits per heavy atom. The molecular formula is C29H31F2N5O4. The van der Waals surface area contributed by atoms with Crippen molar-refractivity contribution < 1.29 is 27.9 Å². The van der Waals surface area contributed by atoms with Crippen molar-refractivity contribution in [1.29, 1.82) is 0 Å². The number of halogens is 2. The summed E-state index contributed by atoms with van der Waals surface area (Å²) in [4.78, 5) is 46.9. The Morgan fingerprint density at radius 1 is 1.05 bits per heavy atom. The standard InChI is InChI=1S/C29H31F2N5O4/c1-34-17-26(33-18-34)29(39)35-9-3-8-32-28(38)23-16-36(27(37)13-19-6-7-24(30)25(31)12-19)15-22(23)20-4-2-5-21(14-20)40-11-10-35/h2,4-7,12,14,17-18,22-23H,3,8-11,13,15-16H2,1H3,(H,32,38)/t22-,23+/m1/s1. The lowest BCUT2D eigenvalue weighted by atomic mass is 9.88. The highest BCUT2D eigenvalue weighted by Gasteiger charge is 2.40. The number of aromatic nitrogens is 2. The number of amides is 3. The molecule has 40 heavy (non-hydrogen) atoms. The lowest BCUT2D eigenvalue weighted by molar-refractivity contribution is -0.130. The Hall–Kier alpha value is -4.28. The first-order chi connectivity index (χ1) is 19.3. The number of hydrogen-bond donors (Lipinski definition) is 1. The third-order valence-electron chi connectivity index (χ3n) is 7.38. The molecule has 3 amide bonds. The molecule has 5 rings (SSSR count). The number of nitrogens with one attached hydrogen (secondary N) is 1. The Bertz CT molecular complexity index is 1410. The van der Waals surface area contributed by atoms with Gasteiger partial charge < -0.3 is 24.4 Å². The number of rotatable bonds is 3. The molecule has 2 bridgehead atoms. The normalized spacial score (nSPS) is 19.8. The molecule has 1 N–H and O–H groups in total. The highest BCUT2D eigenvalue weighted by molar-refractivity contribution is 5.92. The van der Waals surface area contributed by atoms with Crippen LogP contribution in [0.15, 0.2) is 55.0 Å². The topological polar surface area (TPSA) is 96.8 Å². The molecule has 3 heterocycles. The summed E-state index contributed by atoms with van der Waals surface area (Å²) in [6.45, 7) is 1.92. The van der Waals surface area contributed by atoms with Gasteiger partial charge in [0.25, 0.3) is 5.91 Å². The first-order valence-corrected chi connectivity index (χ1v) is 13.3. The Kier molecular flexibility index (Phi) is 8.09. The molecule has 0 radical (unpaired) electrons. The first kappa shape index (κ1) is 27.3. The van der Waals surface area contributed by atoms with Gasteiger partial charge in [0.1, 0.15) is 18.1 Å². The van der Waals surface area contributed by atoms with E-state index in [1.165, 1.54) is 6.07 Å². The van der Waals surface area contributed by atoms with Gasteiger partial charge in [0.2, 0.25) is 11.8 Å². The largest absolute Gasteiger partial charge is 0.492 e. The monoisotopic (exact) mass is 551 g/mol. The number of imidazole rings is 1. The van der Waals surface area contributed by atoms with Gasteiger partial charge in [-0.05, 0) is 41.8 Å². The second-order valence-electron chi connectivity index (χ2n) is 10.2. The van der Waals surface area contributed by atoms with E-state index in [1.807, 2.05) is 24.3 Å². The van der Waals surface area contributed by atoms with E-state index >= 15 is 0 Å². The summed E-state index contributed by atoms with van der Waals surface area (Å²) in [6, 6.07) is 10.8. The van der Waals surface area contributed by atoms with Crippen molar-refractivity contribution in [3.8, 4) is 5.75 Å². The number of benzene rings is 2. The predicted molar refractivity (Wildman–Crippen MR) is 142 cm³/mol. The lowest BCUT2D eigenvalue weighted by Gasteiger charge is -2.24. The zero-order valence-electron chi connectivity index (χ0n) is 22.2. The van der Waals surface area contributed by atoms with Gasteiger partial charge in [0.15, 0.2) is 11.6 Å². The van der Waals surface area contributed by atoms with E-state index in [9.17, 15) is 23.2 Å². The highest BCUT2D eigenvalue weighted by atomic mass is 19.2. The molecule has 1 fully saturated rings. The van der Waals surface area contributed by atoms with Crippen LogP contribution in [0.2, 0.25) is 0 Å². The zero-order chi connectivity index (χ0) is 28.2. The summed E-state index contributed by atoms with van der Waals surface area (Å²) in [5, 5.41) is 2.99. The average Bonchev–Trinajstić information content (AvgIpc) is 3.58. The van der Waals surface area contributed by atoms with Gasteiger partial charge in [-0.25, -0.2) is 13.8 Å². The number of aryl methyl sites for hydroxylation is 1. The van der Waals surface area contributed by atoms with Crippen molar-refractivity contribution in [3.63, 3.8) is 0 Å². The van der Waals surface area contributed by atoms with Crippen LogP contribution in [0.4, 0.5) is 8.78 Å². The van der Waals surface area contributed by atoms with Gasteiger partial charge in [0, 0.05) is 45.3 Å². The van der Waals surface area contributed by atoms with Crippen LogP contribution < -0.4 is 10.1 Å². The average molecular weight is 552 g/mol. The highest BCUT2D eigenvalue weighted by Crippen LogP contribution is 2.35. The number of carbonyl (C=O) groups excluding carboxylic acids is 3. The van der Waals surface area contributed by atoms with Gasteiger partial charge >= 0.3 is 0 Å². The smallest absolute Gasteiger partial charge is 0.274 e. The number of ether oxygens (including phenoxy) is 1. The maximum absolute atomic E-state index is 13.7. The molecule has 1 aromatic heterocycles. The van der Waals surface area contributed by atoms with Gasteiger partial charge in [-0.3, -0.25) is 14.4 Å². The van der Waals surface area contributed by atoms with Crippen LogP contribution in [0.3, 0.4) is 0 Å². The van der Waals surface area contributed by atoms with E-state index in [2.05, 4.69) is 10.3 Å². The number of fused-ring (bicyclic) bond motifs is 4. The third-order valence-corrected chi connectivity index (χ3v) is 7.38. The molecule has 0 spiro atoms. The fraction of sp³-hybridized carbons (Fsp3) is 0.379. The SMILES string of the molecule is Cn1cnc(C(=O)N2CCCNC(=O)[C@H]3CN(C(=O)Cc4ccc(F)c(F)c4)C[C@@H]3c3cccc(c3)OCC2)c1. The van der Waals surface area contributed by atoms with Crippen molar-refractivity contribution in [3.05, 3.63) is 83.4 Å². The molecule has 9 nitrogen and oxygen atoms in total. The minimum absolute atomic E-state index is 0.0957. The van der Waals surface area contributed by atoms with Crippen LogP contribution in [0, 0.1) is 17.6 Å². The summed E-state index contributed by atoms with van der Waals surface area (Å²) in [7, 11) is 1.80. The number of hydrogen-bond acceptors (Lipinski definition) is 5. The van der Waals surface area contributed by atoms with Crippen molar-refractivity contribution in [2.75, 3.05) is 39.3 Å². The van der Waals surface area contributed by atoms with E-state index in [0.29, 0.717) is 49.6 Å². The second-order valence-corrected chi connectivity index (χ2v) is 10.2. The summed E-state index contributed by atoms with van der Waals surface area (Å²) >= 11 is 0. The first-order valence-electron chi connectivity index (χ1n) is 13.3. The summed E-state index contributed by atoms with van der Waals surface area (Å²) < 4.78 is 34.7. The molecule has 0 aliphatic carbocycles. The molecule has 2 aliphatic rings. The van der Waals surface area contributed by atoms with E-state index < -0.39 is 17.6 Å². The molecule has 2 atom stereocenters. The fourth-order valence-corrected chi connectivity index (χ4v) is 5.27. The fourth-order valence-electron chi connectivity index (χ4n) is 5.27. The van der Waals surface area contributed by atoms with E-state index in [1.54, 1.807) is 33.9 Å². The van der Waals surface area contributed by atoms with Crippen LogP contribution in [0.1, 0.15) is 34.0 Å². The molecule has 0 saturated carbocycles. The van der Waals surface area contributed by atoms with Crippen LogP contribution in [-0.4, -0.2) is 76.4 Å². The quantitative estimate of drug-likeness (QED) is 0.540. The minimum atomic E-state index is -1.00. The number of carbonyl (C=O) groups is 3. The van der Waals surface area contributed by atoms with Gasteiger partial charge in [-0.1, -0.05) is 18.2 Å². The van der Waals surface area contributed by atoms with Crippen molar-refractivity contribution in [2.24, 2.45) is 13.0 Å². The molecule has 3 aromatic rings. The van der Waals surface area contributed by atoms with Crippen molar-refractivity contribution >= 4 is 17.7 Å². The molecule has 0 unspecified atom stereocenters. The van der Waals surface area contributed by atoms with Crippen LogP contribution in [0.25, 0.3) is 0 Å². The van der Waals surface area contributed by atoms with Gasteiger partial charge in [0.05, 0.1) is 25.2 Å². The molecule has 2 aromatic carbocycles. The number of likely N-dealkylation sites (tertiary alicyclic amines) is 1. The van der Waals surface area contributed by atoms with Crippen LogP contribution >= 0.6 is 0 Å². The molecule has 2 aliphatic heterocycles. The molecule has 210 valence electrons. The number of nitrogens with zero attached hydrogens (tertiary/aromatic N) is 4. The minimum Gasteiger partial charge on any atom is -0.492 e.